The Morgan fingerprint density at radius 2 is 2.00 bits per heavy atom. The van der Waals surface area contributed by atoms with Crippen LogP contribution in [0, 0.1) is 5.82 Å². The number of halogens is 1. The van der Waals surface area contributed by atoms with E-state index in [0.29, 0.717) is 31.2 Å². The number of guanidine groups is 1. The van der Waals surface area contributed by atoms with Gasteiger partial charge in [0.1, 0.15) is 5.75 Å². The van der Waals surface area contributed by atoms with Crippen molar-refractivity contribution in [2.45, 2.75) is 19.8 Å². The first-order chi connectivity index (χ1) is 11.2. The lowest BCUT2D eigenvalue weighted by Gasteiger charge is -2.09. The van der Waals surface area contributed by atoms with E-state index in [-0.39, 0.29) is 11.6 Å². The van der Waals surface area contributed by atoms with Gasteiger partial charge in [0.2, 0.25) is 0 Å². The largest absolute Gasteiger partial charge is 0.454 e. The molecular formula is C18H22FN3O. The van der Waals surface area contributed by atoms with Crippen LogP contribution in [0.5, 0.6) is 11.5 Å². The van der Waals surface area contributed by atoms with E-state index in [1.165, 1.54) is 6.07 Å². The van der Waals surface area contributed by atoms with Crippen LogP contribution in [0.2, 0.25) is 0 Å². The lowest BCUT2D eigenvalue weighted by atomic mass is 10.1. The third kappa shape index (κ3) is 5.62. The molecule has 23 heavy (non-hydrogen) atoms. The number of aliphatic imine (C=N–C) groups is 1. The second kappa shape index (κ2) is 8.78. The van der Waals surface area contributed by atoms with Gasteiger partial charge >= 0.3 is 0 Å². The molecule has 0 aliphatic heterocycles. The highest BCUT2D eigenvalue weighted by atomic mass is 19.1. The minimum absolute atomic E-state index is 0.219. The summed E-state index contributed by atoms with van der Waals surface area (Å²) >= 11 is 0. The van der Waals surface area contributed by atoms with Gasteiger partial charge in [-0.15, -0.1) is 0 Å². The van der Waals surface area contributed by atoms with E-state index in [4.69, 9.17) is 10.5 Å². The Hall–Kier alpha value is -2.56. The Labute approximate surface area is 136 Å². The van der Waals surface area contributed by atoms with Crippen molar-refractivity contribution < 1.29 is 9.13 Å². The average molecular weight is 315 g/mol. The quantitative estimate of drug-likeness (QED) is 0.607. The van der Waals surface area contributed by atoms with Crippen LogP contribution in [-0.2, 0) is 6.42 Å². The Kier molecular flexibility index (Phi) is 6.41. The molecule has 0 saturated carbocycles. The molecular weight excluding hydrogens is 293 g/mol. The van der Waals surface area contributed by atoms with E-state index in [9.17, 15) is 4.39 Å². The average Bonchev–Trinajstić information content (AvgIpc) is 2.56. The normalized spacial score (nSPS) is 11.3. The van der Waals surface area contributed by atoms with Crippen LogP contribution in [-0.4, -0.2) is 19.0 Å². The molecule has 2 aromatic rings. The zero-order chi connectivity index (χ0) is 16.5. The molecule has 0 atom stereocenters. The monoisotopic (exact) mass is 315 g/mol. The summed E-state index contributed by atoms with van der Waals surface area (Å²) in [5.74, 6) is 0.882. The summed E-state index contributed by atoms with van der Waals surface area (Å²) in [6.07, 6.45) is 1.61. The standard InChI is InChI=1S/C18H22FN3O/c1-2-11-21-18(20)22-12-10-14-8-9-17(16(19)13-14)23-15-6-4-3-5-7-15/h3-9,13H,2,10-12H2,1H3,(H3,20,21,22). The molecule has 0 unspecified atom stereocenters. The first-order valence-electron chi connectivity index (χ1n) is 7.74. The number of ether oxygens (including phenoxy) is 1. The highest BCUT2D eigenvalue weighted by Gasteiger charge is 2.06. The second-order valence-corrected chi connectivity index (χ2v) is 5.12. The zero-order valence-corrected chi connectivity index (χ0v) is 13.3. The van der Waals surface area contributed by atoms with Crippen molar-refractivity contribution in [3.63, 3.8) is 0 Å². The molecule has 0 aliphatic rings. The number of hydrogen-bond donors (Lipinski definition) is 2. The Bertz CT molecular complexity index is 644. The molecule has 0 spiro atoms. The highest BCUT2D eigenvalue weighted by molar-refractivity contribution is 5.77. The summed E-state index contributed by atoms with van der Waals surface area (Å²) in [5, 5.41) is 3.01. The van der Waals surface area contributed by atoms with Gasteiger partial charge in [0.25, 0.3) is 0 Å². The Morgan fingerprint density at radius 3 is 2.70 bits per heavy atom. The van der Waals surface area contributed by atoms with Crippen LogP contribution < -0.4 is 15.8 Å². The minimum atomic E-state index is -0.376. The van der Waals surface area contributed by atoms with Gasteiger partial charge in [-0.05, 0) is 42.7 Å². The van der Waals surface area contributed by atoms with Gasteiger partial charge in [0.15, 0.2) is 17.5 Å². The summed E-state index contributed by atoms with van der Waals surface area (Å²) in [7, 11) is 0. The number of para-hydroxylation sites is 1. The van der Waals surface area contributed by atoms with E-state index in [0.717, 1.165) is 12.0 Å². The predicted molar refractivity (Wildman–Crippen MR) is 91.4 cm³/mol. The Morgan fingerprint density at radius 1 is 1.22 bits per heavy atom. The van der Waals surface area contributed by atoms with E-state index in [1.807, 2.05) is 31.2 Å². The Balaban J connectivity index is 1.89. The van der Waals surface area contributed by atoms with Crippen LogP contribution in [0.4, 0.5) is 4.39 Å². The van der Waals surface area contributed by atoms with Crippen molar-refractivity contribution in [2.75, 3.05) is 13.1 Å². The minimum Gasteiger partial charge on any atom is -0.454 e. The van der Waals surface area contributed by atoms with E-state index in [1.54, 1.807) is 18.2 Å². The van der Waals surface area contributed by atoms with Crippen LogP contribution in [0.3, 0.4) is 0 Å². The molecule has 5 heteroatoms. The third-order valence-corrected chi connectivity index (χ3v) is 3.19. The summed E-state index contributed by atoms with van der Waals surface area (Å²) in [6.45, 7) is 3.36. The molecule has 4 nitrogen and oxygen atoms in total. The topological polar surface area (TPSA) is 59.6 Å². The lowest BCUT2D eigenvalue weighted by Crippen LogP contribution is -2.33. The second-order valence-electron chi connectivity index (χ2n) is 5.12. The SMILES string of the molecule is CCCN=C(N)NCCc1ccc(Oc2ccccc2)c(F)c1. The number of hydrogen-bond acceptors (Lipinski definition) is 2. The van der Waals surface area contributed by atoms with E-state index < -0.39 is 0 Å². The van der Waals surface area contributed by atoms with E-state index >= 15 is 0 Å². The number of rotatable bonds is 7. The maximum Gasteiger partial charge on any atom is 0.188 e. The van der Waals surface area contributed by atoms with Crippen molar-refractivity contribution in [1.29, 1.82) is 0 Å². The molecule has 122 valence electrons. The summed E-state index contributed by atoms with van der Waals surface area (Å²) in [6, 6.07) is 14.1. The fraction of sp³-hybridized carbons (Fsp3) is 0.278. The molecule has 0 aromatic heterocycles. The molecule has 3 N–H and O–H groups in total. The maximum atomic E-state index is 14.1. The van der Waals surface area contributed by atoms with Crippen molar-refractivity contribution >= 4 is 5.96 Å². The number of nitrogens with zero attached hydrogens (tertiary/aromatic N) is 1. The highest BCUT2D eigenvalue weighted by Crippen LogP contribution is 2.24. The van der Waals surface area contributed by atoms with E-state index in [2.05, 4.69) is 10.3 Å². The van der Waals surface area contributed by atoms with Gasteiger partial charge in [-0.25, -0.2) is 4.39 Å². The lowest BCUT2D eigenvalue weighted by molar-refractivity contribution is 0.441. The fourth-order valence-electron chi connectivity index (χ4n) is 2.02. The molecule has 0 radical (unpaired) electrons. The summed E-state index contributed by atoms with van der Waals surface area (Å²) in [5.41, 5.74) is 6.58. The number of nitrogens with one attached hydrogen (secondary N) is 1. The van der Waals surface area contributed by atoms with Gasteiger partial charge in [0, 0.05) is 13.1 Å². The molecule has 0 aliphatic carbocycles. The molecule has 0 heterocycles. The van der Waals surface area contributed by atoms with Crippen molar-refractivity contribution in [2.24, 2.45) is 10.7 Å². The van der Waals surface area contributed by atoms with Crippen LogP contribution in [0.25, 0.3) is 0 Å². The summed E-state index contributed by atoms with van der Waals surface area (Å²) in [4.78, 5) is 4.14. The van der Waals surface area contributed by atoms with Crippen LogP contribution >= 0.6 is 0 Å². The molecule has 0 fully saturated rings. The molecule has 0 bridgehead atoms. The smallest absolute Gasteiger partial charge is 0.188 e. The van der Waals surface area contributed by atoms with Crippen molar-refractivity contribution in [3.05, 3.63) is 59.9 Å². The van der Waals surface area contributed by atoms with Gasteiger partial charge in [0.05, 0.1) is 0 Å². The van der Waals surface area contributed by atoms with Gasteiger partial charge in [-0.3, -0.25) is 4.99 Å². The molecule has 0 saturated heterocycles. The molecule has 0 amide bonds. The number of benzene rings is 2. The van der Waals surface area contributed by atoms with Crippen LogP contribution in [0.1, 0.15) is 18.9 Å². The van der Waals surface area contributed by atoms with Gasteiger partial charge < -0.3 is 15.8 Å². The van der Waals surface area contributed by atoms with Gasteiger partial charge in [-0.1, -0.05) is 31.2 Å². The first-order valence-corrected chi connectivity index (χ1v) is 7.74. The van der Waals surface area contributed by atoms with Gasteiger partial charge in [-0.2, -0.15) is 0 Å². The molecule has 2 aromatic carbocycles. The van der Waals surface area contributed by atoms with Crippen molar-refractivity contribution in [3.8, 4) is 11.5 Å². The van der Waals surface area contributed by atoms with Crippen LogP contribution in [0.15, 0.2) is 53.5 Å². The predicted octanol–water partition coefficient (Wildman–Crippen LogP) is 3.47. The molecule has 2 rings (SSSR count). The zero-order valence-electron chi connectivity index (χ0n) is 13.3. The fourth-order valence-corrected chi connectivity index (χ4v) is 2.02. The maximum absolute atomic E-state index is 14.1. The number of nitrogens with two attached hydrogens (primary N) is 1. The van der Waals surface area contributed by atoms with Crippen molar-refractivity contribution in [1.82, 2.24) is 5.32 Å². The third-order valence-electron chi connectivity index (χ3n) is 3.19. The summed E-state index contributed by atoms with van der Waals surface area (Å²) < 4.78 is 19.6. The first kappa shape index (κ1) is 16.8.